The summed E-state index contributed by atoms with van der Waals surface area (Å²) in [5.74, 6) is 0. The van der Waals surface area contributed by atoms with Gasteiger partial charge in [-0.1, -0.05) is 146 Å². The van der Waals surface area contributed by atoms with Crippen molar-refractivity contribution in [3.63, 3.8) is 0 Å². The van der Waals surface area contributed by atoms with Gasteiger partial charge in [0.2, 0.25) is 0 Å². The average molecular weight is 768 g/mol. The van der Waals surface area contributed by atoms with Gasteiger partial charge in [0, 0.05) is 0 Å². The van der Waals surface area contributed by atoms with Crippen molar-refractivity contribution in [1.29, 1.82) is 0 Å². The molecule has 8 heteroatoms. The Morgan fingerprint density at radius 2 is 0.640 bits per heavy atom. The molecule has 0 amide bonds. The van der Waals surface area contributed by atoms with Crippen LogP contribution in [0.4, 0.5) is 11.4 Å². The summed E-state index contributed by atoms with van der Waals surface area (Å²) in [6.07, 6.45) is 3.74. The summed E-state index contributed by atoms with van der Waals surface area (Å²) >= 11 is 0.194. The van der Waals surface area contributed by atoms with Crippen LogP contribution < -0.4 is 31.8 Å². The summed E-state index contributed by atoms with van der Waals surface area (Å²) in [4.78, 5) is 12.9. The molecule has 0 aliphatic rings. The predicted octanol–water partition coefficient (Wildman–Crippen LogP) is 9.41. The summed E-state index contributed by atoms with van der Waals surface area (Å²) in [6, 6.07) is 64.3. The Hall–Kier alpha value is -4.10. The van der Waals surface area contributed by atoms with Crippen LogP contribution in [0.1, 0.15) is 11.4 Å². The fourth-order valence-corrected chi connectivity index (χ4v) is 10.0. The van der Waals surface area contributed by atoms with Gasteiger partial charge < -0.3 is 4.98 Å². The Morgan fingerprint density at radius 1 is 0.380 bits per heavy atom. The Morgan fingerprint density at radius 3 is 0.920 bits per heavy atom. The van der Waals surface area contributed by atoms with Gasteiger partial charge in [-0.3, -0.25) is 9.98 Å². The van der Waals surface area contributed by atoms with E-state index in [0.29, 0.717) is 0 Å². The van der Waals surface area contributed by atoms with Gasteiger partial charge in [-0.25, -0.2) is 0 Å². The van der Waals surface area contributed by atoms with Crippen LogP contribution in [0.5, 0.6) is 0 Å². The van der Waals surface area contributed by atoms with Crippen LogP contribution in [0.15, 0.2) is 192 Å². The van der Waals surface area contributed by atoms with Crippen LogP contribution in [-0.2, 0) is 13.1 Å². The van der Waals surface area contributed by atoms with Gasteiger partial charge in [0.1, 0.15) is 0 Å². The number of benzene rings is 6. The number of aromatic amines is 1. The summed E-state index contributed by atoms with van der Waals surface area (Å²) < 4.78 is 0. The van der Waals surface area contributed by atoms with Crippen molar-refractivity contribution in [3.05, 3.63) is 193 Å². The van der Waals surface area contributed by atoms with E-state index >= 15 is 0 Å². The zero-order valence-corrected chi connectivity index (χ0v) is 31.3. The molecule has 1 heterocycles. The van der Waals surface area contributed by atoms with Gasteiger partial charge in [0.05, 0.1) is 35.2 Å². The second-order valence-corrected chi connectivity index (χ2v) is 17.2. The average Bonchev–Trinajstić information content (AvgIpc) is 3.64. The number of aromatic nitrogens is 1. The number of halogens is 2. The van der Waals surface area contributed by atoms with E-state index in [1.165, 1.54) is 31.8 Å². The third-order valence-electron chi connectivity index (χ3n) is 7.71. The molecule has 0 unspecified atom stereocenters. The molecule has 3 nitrogen and oxygen atoms in total. The quantitative estimate of drug-likeness (QED) is 0.0819. The molecule has 0 aliphatic heterocycles. The van der Waals surface area contributed by atoms with Crippen LogP contribution in [0.2, 0.25) is 0 Å². The normalized spacial score (nSPS) is 11.4. The zero-order chi connectivity index (χ0) is 34.4. The van der Waals surface area contributed by atoms with Crippen LogP contribution in [0.25, 0.3) is 0 Å². The second kappa shape index (κ2) is 18.8. The third kappa shape index (κ3) is 9.78. The summed E-state index contributed by atoms with van der Waals surface area (Å²) in [6.45, 7) is 0. The maximum atomic E-state index is 4.76. The third-order valence-corrected chi connectivity index (χ3v) is 12.6. The van der Waals surface area contributed by atoms with Crippen LogP contribution in [-0.4, -0.2) is 17.4 Å². The van der Waals surface area contributed by atoms with E-state index < -0.39 is 15.8 Å². The minimum absolute atomic E-state index is 0.194. The van der Waals surface area contributed by atoms with Gasteiger partial charge >= 0.3 is 33.3 Å². The molecule has 6 aromatic carbocycles. The number of hydrogen-bond donors (Lipinski definition) is 1. The van der Waals surface area contributed by atoms with Crippen LogP contribution in [0, 0.1) is 0 Å². The number of rotatable bonds is 10. The first-order valence-corrected chi connectivity index (χ1v) is 21.6. The predicted molar refractivity (Wildman–Crippen MR) is 217 cm³/mol. The molecular formula is C42H33Cl2FeN3P2. The van der Waals surface area contributed by atoms with Crippen molar-refractivity contribution < 1.29 is 13.1 Å². The van der Waals surface area contributed by atoms with E-state index in [2.05, 4.69) is 175 Å². The second-order valence-electron chi connectivity index (χ2n) is 11.0. The molecule has 0 bridgehead atoms. The minimum atomic E-state index is -0.630. The number of aliphatic imine (C=N–C) groups is 2. The molecule has 1 N–H and O–H groups in total. The molecule has 0 fully saturated rings. The molecule has 1 aromatic heterocycles. The monoisotopic (exact) mass is 767 g/mol. The van der Waals surface area contributed by atoms with Crippen molar-refractivity contribution in [1.82, 2.24) is 4.98 Å². The van der Waals surface area contributed by atoms with Crippen molar-refractivity contribution in [2.24, 2.45) is 9.98 Å². The molecule has 248 valence electrons. The van der Waals surface area contributed by atoms with E-state index in [0.717, 1.165) is 22.8 Å². The molecule has 0 saturated heterocycles. The number of nitrogens with one attached hydrogen (secondary N) is 1. The molecule has 50 heavy (non-hydrogen) atoms. The van der Waals surface area contributed by atoms with Crippen molar-refractivity contribution >= 4 is 91.7 Å². The van der Waals surface area contributed by atoms with Gasteiger partial charge in [-0.05, 0) is 84.1 Å². The Kier molecular flexibility index (Phi) is 13.4. The number of H-pyrrole nitrogens is 1. The first kappa shape index (κ1) is 35.7. The molecule has 7 aromatic rings. The SMILES string of the molecule is C(=Nc1ccc(P(c2ccccc2)c2ccccc2)cc1)c1ccc(C=Nc2ccc(P(c3ccccc3)c3ccccc3)cc2)[nH]1.[Cl][Fe][Cl]. The zero-order valence-electron chi connectivity index (χ0n) is 26.9. The van der Waals surface area contributed by atoms with Crippen molar-refractivity contribution in [2.75, 3.05) is 0 Å². The molecule has 0 saturated carbocycles. The fraction of sp³-hybridized carbons (Fsp3) is 0. The first-order chi connectivity index (χ1) is 24.7. The topological polar surface area (TPSA) is 40.5 Å². The first-order valence-electron chi connectivity index (χ1n) is 15.8. The van der Waals surface area contributed by atoms with Crippen molar-refractivity contribution in [3.8, 4) is 0 Å². The van der Waals surface area contributed by atoms with E-state index in [9.17, 15) is 0 Å². The number of hydrogen-bond acceptors (Lipinski definition) is 2. The van der Waals surface area contributed by atoms with E-state index in [1.807, 2.05) is 24.6 Å². The van der Waals surface area contributed by atoms with E-state index in [-0.39, 0.29) is 13.1 Å². The molecular weight excluding hydrogens is 735 g/mol. The summed E-state index contributed by atoms with van der Waals surface area (Å²) in [5, 5.41) is 7.97. The van der Waals surface area contributed by atoms with Gasteiger partial charge in [-0.2, -0.15) is 0 Å². The molecule has 0 spiro atoms. The van der Waals surface area contributed by atoms with Crippen LogP contribution in [0.3, 0.4) is 0 Å². The van der Waals surface area contributed by atoms with Gasteiger partial charge in [-0.15, -0.1) is 0 Å². The molecule has 7 rings (SSSR count). The van der Waals surface area contributed by atoms with Gasteiger partial charge in [0.15, 0.2) is 0 Å². The summed E-state index contributed by atoms with van der Waals surface area (Å²) in [5.41, 5.74) is 3.69. The Labute approximate surface area is 311 Å². The summed E-state index contributed by atoms with van der Waals surface area (Å²) in [7, 11) is 8.27. The fourth-order valence-electron chi connectivity index (χ4n) is 5.45. The molecule has 0 radical (unpaired) electrons. The Balaban J connectivity index is 0.00000139. The molecule has 0 atom stereocenters. The van der Waals surface area contributed by atoms with Crippen molar-refractivity contribution in [2.45, 2.75) is 0 Å². The van der Waals surface area contributed by atoms with Crippen LogP contribution >= 0.6 is 36.0 Å². The van der Waals surface area contributed by atoms with Gasteiger partial charge in [0.25, 0.3) is 0 Å². The van der Waals surface area contributed by atoms with E-state index in [1.54, 1.807) is 0 Å². The van der Waals surface area contributed by atoms with E-state index in [4.69, 9.17) is 30.2 Å². The number of nitrogens with zero attached hydrogens (tertiary/aromatic N) is 2. The standard InChI is InChI=1S/C42H33N3P2.2ClH.Fe/c1-5-13-37(14-6-1)46(38-15-7-2-8-16-38)41-27-23-33(24-28-41)43-31-35-21-22-36(45-35)32-44-34-25-29-42(30-26-34)47(39-17-9-3-10-18-39)40-19-11-4-12-20-40;;;/h1-32,45H;2*1H;/q;;;+2/p-2. The molecule has 0 aliphatic carbocycles. The maximum absolute atomic E-state index is 4.76. The Bertz CT molecular complexity index is 1860.